The lowest BCUT2D eigenvalue weighted by atomic mass is 9.98. The number of aromatic nitrogens is 1. The third-order valence-electron chi connectivity index (χ3n) is 3.37. The van der Waals surface area contributed by atoms with Crippen molar-refractivity contribution in [2.75, 3.05) is 6.54 Å². The lowest BCUT2D eigenvalue weighted by Crippen LogP contribution is -2.03. The predicted octanol–water partition coefficient (Wildman–Crippen LogP) is 4.59. The van der Waals surface area contributed by atoms with Gasteiger partial charge in [-0.05, 0) is 40.4 Å². The molecule has 0 bridgehead atoms. The van der Waals surface area contributed by atoms with Gasteiger partial charge in [0.1, 0.15) is 5.01 Å². The molecule has 0 saturated heterocycles. The fourth-order valence-electron chi connectivity index (χ4n) is 1.94. The first-order valence-electron chi connectivity index (χ1n) is 6.61. The summed E-state index contributed by atoms with van der Waals surface area (Å²) in [6.45, 7) is 5.11. The normalized spacial score (nSPS) is 12.6. The molecule has 0 radical (unpaired) electrons. The molecule has 2 nitrogen and oxygen atoms in total. The number of halogens is 1. The van der Waals surface area contributed by atoms with E-state index in [2.05, 4.69) is 59.0 Å². The van der Waals surface area contributed by atoms with Crippen molar-refractivity contribution in [3.05, 3.63) is 39.3 Å². The van der Waals surface area contributed by atoms with Crippen LogP contribution in [0.5, 0.6) is 0 Å². The molecule has 19 heavy (non-hydrogen) atoms. The maximum Gasteiger partial charge on any atom is 0.124 e. The Balaban J connectivity index is 2.24. The minimum Gasteiger partial charge on any atom is -0.330 e. The first-order chi connectivity index (χ1) is 9.15. The quantitative estimate of drug-likeness (QED) is 0.865. The van der Waals surface area contributed by atoms with Gasteiger partial charge in [0, 0.05) is 12.0 Å². The highest BCUT2D eigenvalue weighted by Crippen LogP contribution is 2.33. The molecular weight excluding hydrogens is 320 g/mol. The molecule has 0 aliphatic heterocycles. The summed E-state index contributed by atoms with van der Waals surface area (Å²) in [6.07, 6.45) is 1.99. The second kappa shape index (κ2) is 6.64. The first-order valence-corrected chi connectivity index (χ1v) is 8.22. The Morgan fingerprint density at radius 3 is 2.58 bits per heavy atom. The van der Waals surface area contributed by atoms with Crippen molar-refractivity contribution in [2.45, 2.75) is 32.6 Å². The number of rotatable bonds is 5. The number of thiazole rings is 1. The summed E-state index contributed by atoms with van der Waals surface area (Å²) in [7, 11) is 0. The highest BCUT2D eigenvalue weighted by atomic mass is 79.9. The molecule has 0 fully saturated rings. The van der Waals surface area contributed by atoms with Crippen LogP contribution in [-0.2, 0) is 6.42 Å². The maximum absolute atomic E-state index is 5.59. The van der Waals surface area contributed by atoms with E-state index >= 15 is 0 Å². The minimum absolute atomic E-state index is 0.616. The first kappa shape index (κ1) is 14.7. The van der Waals surface area contributed by atoms with Crippen LogP contribution in [0.1, 0.15) is 37.4 Å². The highest BCUT2D eigenvalue weighted by molar-refractivity contribution is 9.11. The van der Waals surface area contributed by atoms with Gasteiger partial charge in [-0.1, -0.05) is 38.1 Å². The molecule has 1 unspecified atom stereocenters. The zero-order chi connectivity index (χ0) is 13.8. The molecule has 2 N–H and O–H groups in total. The van der Waals surface area contributed by atoms with Gasteiger partial charge in [-0.3, -0.25) is 0 Å². The maximum atomic E-state index is 5.59. The van der Waals surface area contributed by atoms with E-state index in [1.54, 1.807) is 11.3 Å². The monoisotopic (exact) mass is 338 g/mol. The molecular formula is C15H19BrN2S. The van der Waals surface area contributed by atoms with E-state index in [4.69, 9.17) is 5.73 Å². The largest absolute Gasteiger partial charge is 0.330 e. The summed E-state index contributed by atoms with van der Waals surface area (Å²) in [6, 6.07) is 8.75. The predicted molar refractivity (Wildman–Crippen MR) is 86.7 cm³/mol. The van der Waals surface area contributed by atoms with E-state index in [0.29, 0.717) is 12.5 Å². The minimum atomic E-state index is 0.616. The number of hydrogen-bond donors (Lipinski definition) is 1. The SMILES string of the molecule is CCC(C)c1ccc(-c2nc(CCN)c(Br)s2)cc1. The van der Waals surface area contributed by atoms with Gasteiger partial charge in [-0.25, -0.2) is 4.98 Å². The zero-order valence-corrected chi connectivity index (χ0v) is 13.7. The second-order valence-electron chi connectivity index (χ2n) is 4.71. The Morgan fingerprint density at radius 1 is 1.32 bits per heavy atom. The summed E-state index contributed by atoms with van der Waals surface area (Å²) in [5, 5.41) is 1.06. The van der Waals surface area contributed by atoms with Crippen LogP contribution < -0.4 is 5.73 Å². The fraction of sp³-hybridized carbons (Fsp3) is 0.400. The summed E-state index contributed by atoms with van der Waals surface area (Å²) in [4.78, 5) is 4.66. The summed E-state index contributed by atoms with van der Waals surface area (Å²) >= 11 is 5.24. The van der Waals surface area contributed by atoms with Crippen molar-refractivity contribution in [3.8, 4) is 10.6 Å². The Kier molecular flexibility index (Phi) is 5.13. The van der Waals surface area contributed by atoms with Gasteiger partial charge >= 0.3 is 0 Å². The lowest BCUT2D eigenvalue weighted by Gasteiger charge is -2.08. The molecule has 0 aliphatic carbocycles. The molecule has 4 heteroatoms. The molecule has 0 saturated carbocycles. The molecule has 1 atom stereocenters. The fourth-order valence-corrected chi connectivity index (χ4v) is 3.53. The number of nitrogens with two attached hydrogens (primary N) is 1. The standard InChI is InChI=1S/C15H19BrN2S/c1-3-10(2)11-4-6-12(7-5-11)15-18-13(8-9-17)14(16)19-15/h4-7,10H,3,8-9,17H2,1-2H3. The van der Waals surface area contributed by atoms with Gasteiger partial charge in [0.15, 0.2) is 0 Å². The molecule has 1 aromatic heterocycles. The van der Waals surface area contributed by atoms with Crippen LogP contribution in [0.2, 0.25) is 0 Å². The van der Waals surface area contributed by atoms with E-state index in [9.17, 15) is 0 Å². The Hall–Kier alpha value is -0.710. The summed E-state index contributed by atoms with van der Waals surface area (Å²) in [5.41, 5.74) is 9.23. The van der Waals surface area contributed by atoms with Gasteiger partial charge in [0.25, 0.3) is 0 Å². The third kappa shape index (κ3) is 3.44. The van der Waals surface area contributed by atoms with Crippen molar-refractivity contribution < 1.29 is 0 Å². The van der Waals surface area contributed by atoms with Crippen LogP contribution in [0.4, 0.5) is 0 Å². The molecule has 2 rings (SSSR count). The van der Waals surface area contributed by atoms with Crippen LogP contribution >= 0.6 is 27.3 Å². The van der Waals surface area contributed by atoms with E-state index in [1.165, 1.54) is 17.5 Å². The molecule has 1 aromatic carbocycles. The van der Waals surface area contributed by atoms with Crippen molar-refractivity contribution in [3.63, 3.8) is 0 Å². The van der Waals surface area contributed by atoms with Crippen LogP contribution in [0.15, 0.2) is 28.1 Å². The molecule has 2 aromatic rings. The van der Waals surface area contributed by atoms with Crippen LogP contribution in [0.25, 0.3) is 10.6 Å². The average Bonchev–Trinajstić information content (AvgIpc) is 2.80. The second-order valence-corrected chi connectivity index (χ2v) is 7.03. The van der Waals surface area contributed by atoms with Crippen molar-refractivity contribution in [2.24, 2.45) is 5.73 Å². The summed E-state index contributed by atoms with van der Waals surface area (Å²) < 4.78 is 1.10. The number of benzene rings is 1. The van der Waals surface area contributed by atoms with Gasteiger partial charge in [0.2, 0.25) is 0 Å². The van der Waals surface area contributed by atoms with Crippen molar-refractivity contribution in [1.29, 1.82) is 0 Å². The van der Waals surface area contributed by atoms with Gasteiger partial charge < -0.3 is 5.73 Å². The topological polar surface area (TPSA) is 38.9 Å². The Labute approximate surface area is 127 Å². The Morgan fingerprint density at radius 2 is 2.00 bits per heavy atom. The van der Waals surface area contributed by atoms with Crippen molar-refractivity contribution in [1.82, 2.24) is 4.98 Å². The average molecular weight is 339 g/mol. The molecule has 1 heterocycles. The van der Waals surface area contributed by atoms with E-state index in [-0.39, 0.29) is 0 Å². The number of nitrogens with zero attached hydrogens (tertiary/aromatic N) is 1. The van der Waals surface area contributed by atoms with Gasteiger partial charge in [-0.2, -0.15) is 0 Å². The van der Waals surface area contributed by atoms with Crippen molar-refractivity contribution >= 4 is 27.3 Å². The smallest absolute Gasteiger partial charge is 0.124 e. The number of hydrogen-bond acceptors (Lipinski definition) is 3. The van der Waals surface area contributed by atoms with Gasteiger partial charge in [-0.15, -0.1) is 11.3 Å². The molecule has 0 spiro atoms. The Bertz CT molecular complexity index is 534. The lowest BCUT2D eigenvalue weighted by molar-refractivity contribution is 0.734. The highest BCUT2D eigenvalue weighted by Gasteiger charge is 2.10. The third-order valence-corrected chi connectivity index (χ3v) is 5.25. The summed E-state index contributed by atoms with van der Waals surface area (Å²) in [5.74, 6) is 0.616. The van der Waals surface area contributed by atoms with Crippen LogP contribution in [-0.4, -0.2) is 11.5 Å². The van der Waals surface area contributed by atoms with Gasteiger partial charge in [0.05, 0.1) is 9.48 Å². The van der Waals surface area contributed by atoms with E-state index < -0.39 is 0 Å². The zero-order valence-electron chi connectivity index (χ0n) is 11.3. The molecule has 0 aliphatic rings. The molecule has 0 amide bonds. The molecule has 102 valence electrons. The van der Waals surface area contributed by atoms with Crippen LogP contribution in [0.3, 0.4) is 0 Å². The van der Waals surface area contributed by atoms with E-state index in [1.807, 2.05) is 0 Å². The van der Waals surface area contributed by atoms with Crippen LogP contribution in [0, 0.1) is 0 Å². The van der Waals surface area contributed by atoms with E-state index in [0.717, 1.165) is 20.9 Å².